The molecule has 38 heavy (non-hydrogen) atoms. The van der Waals surface area contributed by atoms with Crippen molar-refractivity contribution in [1.82, 2.24) is 19.7 Å². The minimum absolute atomic E-state index is 0.0730. The van der Waals surface area contributed by atoms with E-state index in [9.17, 15) is 22.7 Å². The Labute approximate surface area is 216 Å². The van der Waals surface area contributed by atoms with Crippen LogP contribution < -0.4 is 10.3 Å². The Kier molecular flexibility index (Phi) is 6.19. The van der Waals surface area contributed by atoms with Crippen LogP contribution >= 0.6 is 0 Å². The molecule has 12 heteroatoms. The molecule has 0 saturated carbocycles. The molecule has 5 aromatic rings. The van der Waals surface area contributed by atoms with E-state index in [4.69, 9.17) is 4.52 Å². The average molecular weight is 536 g/mol. The first-order valence-corrected chi connectivity index (χ1v) is 12.9. The summed E-state index contributed by atoms with van der Waals surface area (Å²) >= 11 is 0. The smallest absolute Gasteiger partial charge is 0.263 e. The molecule has 0 atom stereocenters. The van der Waals surface area contributed by atoms with Crippen LogP contribution in [-0.2, 0) is 16.6 Å². The van der Waals surface area contributed by atoms with Crippen LogP contribution in [0.1, 0.15) is 22.8 Å². The number of fused-ring (bicyclic) bond motifs is 1. The van der Waals surface area contributed by atoms with Gasteiger partial charge in [0, 0.05) is 11.6 Å². The molecule has 3 heterocycles. The number of hydrogen-bond acceptors (Lipinski definition) is 8. The Balaban J connectivity index is 1.49. The van der Waals surface area contributed by atoms with Gasteiger partial charge in [-0.3, -0.25) is 14.1 Å². The molecule has 194 valence electrons. The Bertz CT molecular complexity index is 1860. The molecule has 2 aromatic carbocycles. The molecule has 0 fully saturated rings. The number of nitrogens with zero attached hydrogens (tertiary/aromatic N) is 4. The summed E-state index contributed by atoms with van der Waals surface area (Å²) < 4.78 is 48.6. The van der Waals surface area contributed by atoms with Crippen LogP contribution in [0.5, 0.6) is 5.75 Å². The number of benzene rings is 2. The zero-order valence-corrected chi connectivity index (χ0v) is 21.4. The fourth-order valence-electron chi connectivity index (χ4n) is 4.23. The lowest BCUT2D eigenvalue weighted by molar-refractivity contribution is 0.390. The van der Waals surface area contributed by atoms with E-state index in [1.165, 1.54) is 17.6 Å². The highest BCUT2D eigenvalue weighted by Gasteiger charge is 2.24. The predicted octanol–water partition coefficient (Wildman–Crippen LogP) is 4.07. The van der Waals surface area contributed by atoms with Crippen LogP contribution in [0.4, 0.5) is 10.2 Å². The standard InChI is InChI=1S/C26H22FN5O5S/c1-14-23-20(33)12-22(34)32(26(23)29-16(3)28-14)13-17-8-10-18(11-9-17)19-6-4-5-7-21(19)38(35,36)31-25-24(27)15(2)37-30-25/h4-12,33H,13H2,1-3H3,(H,30,31). The van der Waals surface area contributed by atoms with E-state index >= 15 is 0 Å². The average Bonchev–Trinajstić information content (AvgIpc) is 3.18. The lowest BCUT2D eigenvalue weighted by atomic mass is 10.0. The first kappa shape index (κ1) is 25.1. The van der Waals surface area contributed by atoms with Gasteiger partial charge in [-0.1, -0.05) is 47.6 Å². The van der Waals surface area contributed by atoms with E-state index in [0.717, 1.165) is 11.6 Å². The highest BCUT2D eigenvalue weighted by molar-refractivity contribution is 7.92. The van der Waals surface area contributed by atoms with Crippen molar-refractivity contribution < 1.29 is 22.4 Å². The fourth-order valence-corrected chi connectivity index (χ4v) is 5.46. The number of aryl methyl sites for hydroxylation is 3. The molecule has 0 aliphatic rings. The number of aromatic hydroxyl groups is 1. The van der Waals surface area contributed by atoms with Gasteiger partial charge in [0.2, 0.25) is 11.6 Å². The summed E-state index contributed by atoms with van der Waals surface area (Å²) in [6.45, 7) is 4.94. The molecule has 0 aliphatic heterocycles. The van der Waals surface area contributed by atoms with Gasteiger partial charge in [-0.15, -0.1) is 0 Å². The van der Waals surface area contributed by atoms with Crippen LogP contribution in [-0.4, -0.2) is 33.2 Å². The van der Waals surface area contributed by atoms with Crippen molar-refractivity contribution in [1.29, 1.82) is 0 Å². The summed E-state index contributed by atoms with van der Waals surface area (Å²) in [6.07, 6.45) is 0. The normalized spacial score (nSPS) is 11.7. The van der Waals surface area contributed by atoms with Crippen molar-refractivity contribution in [3.8, 4) is 16.9 Å². The summed E-state index contributed by atoms with van der Waals surface area (Å²) in [6, 6.07) is 14.4. The maximum Gasteiger partial charge on any atom is 0.263 e. The fraction of sp³-hybridized carbons (Fsp3) is 0.154. The molecule has 10 nitrogen and oxygen atoms in total. The van der Waals surface area contributed by atoms with Gasteiger partial charge in [-0.2, -0.15) is 4.39 Å². The molecular formula is C26H22FN5O5S. The molecule has 0 saturated heterocycles. The van der Waals surface area contributed by atoms with Gasteiger partial charge in [-0.25, -0.2) is 18.4 Å². The first-order valence-electron chi connectivity index (χ1n) is 11.5. The second kappa shape index (κ2) is 9.38. The van der Waals surface area contributed by atoms with Crippen LogP contribution in [0.25, 0.3) is 22.2 Å². The van der Waals surface area contributed by atoms with E-state index in [1.54, 1.807) is 56.3 Å². The van der Waals surface area contributed by atoms with Gasteiger partial charge in [0.15, 0.2) is 11.4 Å². The van der Waals surface area contributed by atoms with Gasteiger partial charge < -0.3 is 9.63 Å². The molecule has 0 radical (unpaired) electrons. The molecule has 5 rings (SSSR count). The number of hydrogen-bond donors (Lipinski definition) is 2. The summed E-state index contributed by atoms with van der Waals surface area (Å²) in [5.74, 6) is -1.25. The Morgan fingerprint density at radius 2 is 1.76 bits per heavy atom. The van der Waals surface area contributed by atoms with E-state index in [-0.39, 0.29) is 22.9 Å². The Morgan fingerprint density at radius 1 is 1.05 bits per heavy atom. The maximum atomic E-state index is 14.1. The second-order valence-electron chi connectivity index (χ2n) is 8.71. The predicted molar refractivity (Wildman–Crippen MR) is 138 cm³/mol. The third kappa shape index (κ3) is 4.50. The van der Waals surface area contributed by atoms with Crippen molar-refractivity contribution in [3.05, 3.63) is 93.6 Å². The number of halogens is 1. The van der Waals surface area contributed by atoms with Gasteiger partial charge in [0.1, 0.15) is 11.6 Å². The van der Waals surface area contributed by atoms with Crippen LogP contribution in [0.2, 0.25) is 0 Å². The molecule has 0 unspecified atom stereocenters. The number of aromatic nitrogens is 4. The Morgan fingerprint density at radius 3 is 2.45 bits per heavy atom. The van der Waals surface area contributed by atoms with Crippen molar-refractivity contribution in [2.75, 3.05) is 4.72 Å². The lowest BCUT2D eigenvalue weighted by Gasteiger charge is -2.14. The molecule has 0 amide bonds. The highest BCUT2D eigenvalue weighted by atomic mass is 32.2. The summed E-state index contributed by atoms with van der Waals surface area (Å²) in [7, 11) is -4.20. The van der Waals surface area contributed by atoms with Gasteiger partial charge in [0.25, 0.3) is 15.6 Å². The molecule has 0 aliphatic carbocycles. The van der Waals surface area contributed by atoms with Crippen molar-refractivity contribution in [2.24, 2.45) is 0 Å². The largest absolute Gasteiger partial charge is 0.507 e. The highest BCUT2D eigenvalue weighted by Crippen LogP contribution is 2.30. The van der Waals surface area contributed by atoms with Gasteiger partial charge in [0.05, 0.1) is 22.5 Å². The van der Waals surface area contributed by atoms with E-state index in [2.05, 4.69) is 19.8 Å². The minimum atomic E-state index is -4.20. The number of nitrogens with one attached hydrogen (secondary N) is 1. The Hall–Kier alpha value is -4.58. The van der Waals surface area contributed by atoms with Crippen molar-refractivity contribution in [2.45, 2.75) is 32.2 Å². The minimum Gasteiger partial charge on any atom is -0.507 e. The summed E-state index contributed by atoms with van der Waals surface area (Å²) in [5.41, 5.74) is 2.18. The first-order chi connectivity index (χ1) is 18.0. The third-order valence-corrected chi connectivity index (χ3v) is 7.42. The van der Waals surface area contributed by atoms with Crippen LogP contribution in [0.15, 0.2) is 68.8 Å². The topological polar surface area (TPSA) is 140 Å². The number of pyridine rings is 1. The second-order valence-corrected chi connectivity index (χ2v) is 10.4. The molecule has 0 spiro atoms. The van der Waals surface area contributed by atoms with Crippen molar-refractivity contribution in [3.63, 3.8) is 0 Å². The van der Waals surface area contributed by atoms with Crippen LogP contribution in [0.3, 0.4) is 0 Å². The molecular weight excluding hydrogens is 513 g/mol. The summed E-state index contributed by atoms with van der Waals surface area (Å²) in [5, 5.41) is 14.1. The monoisotopic (exact) mass is 535 g/mol. The molecule has 2 N–H and O–H groups in total. The number of sulfonamides is 1. The summed E-state index contributed by atoms with van der Waals surface area (Å²) in [4.78, 5) is 21.3. The van der Waals surface area contributed by atoms with E-state index < -0.39 is 27.2 Å². The van der Waals surface area contributed by atoms with E-state index in [0.29, 0.717) is 33.7 Å². The molecule has 3 aromatic heterocycles. The van der Waals surface area contributed by atoms with Gasteiger partial charge >= 0.3 is 0 Å². The quantitative estimate of drug-likeness (QED) is 0.332. The van der Waals surface area contributed by atoms with Crippen LogP contribution in [0, 0.1) is 26.6 Å². The number of anilines is 1. The lowest BCUT2D eigenvalue weighted by Crippen LogP contribution is -2.21. The SMILES string of the molecule is Cc1nc(C)c2c(O)cc(=O)n(Cc3ccc(-c4ccccc4S(=O)(=O)Nc4noc(C)c4F)cc3)c2n1. The molecule has 0 bridgehead atoms. The van der Waals surface area contributed by atoms with Crippen molar-refractivity contribution >= 4 is 26.9 Å². The maximum absolute atomic E-state index is 14.1. The van der Waals surface area contributed by atoms with Gasteiger partial charge in [-0.05, 0) is 38.0 Å². The van der Waals surface area contributed by atoms with E-state index in [1.807, 2.05) is 0 Å². The third-order valence-electron chi connectivity index (χ3n) is 6.02. The number of rotatable bonds is 6. The zero-order chi connectivity index (χ0) is 27.2. The zero-order valence-electron chi connectivity index (χ0n) is 20.6.